The number of aromatic nitrogens is 2. The number of benzene rings is 1. The van der Waals surface area contributed by atoms with Crippen LogP contribution >= 0.6 is 0 Å². The third kappa shape index (κ3) is 5.04. The van der Waals surface area contributed by atoms with Crippen molar-refractivity contribution in [3.8, 4) is 0 Å². The van der Waals surface area contributed by atoms with Crippen LogP contribution in [0, 0.1) is 0 Å². The number of carbonyl (C=O) groups is 1. The van der Waals surface area contributed by atoms with E-state index in [0.717, 1.165) is 17.7 Å². The fourth-order valence-corrected chi connectivity index (χ4v) is 2.32. The van der Waals surface area contributed by atoms with E-state index in [-0.39, 0.29) is 17.3 Å². The first kappa shape index (κ1) is 18.4. The molecule has 1 amide bonds. The van der Waals surface area contributed by atoms with Gasteiger partial charge in [0, 0.05) is 24.6 Å². The standard InChI is InChI=1S/C19H15F3N4O/c20-19(21,22)14-2-1-3-15(10-14)26-16-4-5-17(24-12-16)18(27)25-11-13-6-8-23-9-7-13/h1-10,12,26H,11H2,(H,25,27). The van der Waals surface area contributed by atoms with Crippen molar-refractivity contribution < 1.29 is 18.0 Å². The lowest BCUT2D eigenvalue weighted by Crippen LogP contribution is -2.23. The van der Waals surface area contributed by atoms with Gasteiger partial charge in [0.2, 0.25) is 0 Å². The van der Waals surface area contributed by atoms with Crippen LogP contribution in [-0.4, -0.2) is 15.9 Å². The smallest absolute Gasteiger partial charge is 0.354 e. The molecule has 0 aliphatic carbocycles. The molecule has 8 heteroatoms. The lowest BCUT2D eigenvalue weighted by molar-refractivity contribution is -0.137. The molecule has 0 atom stereocenters. The van der Waals surface area contributed by atoms with Crippen molar-refractivity contribution >= 4 is 17.3 Å². The third-order valence-electron chi connectivity index (χ3n) is 3.68. The van der Waals surface area contributed by atoms with E-state index in [0.29, 0.717) is 12.2 Å². The molecule has 0 saturated heterocycles. The Kier molecular flexibility index (Phi) is 5.35. The second-order valence-electron chi connectivity index (χ2n) is 5.67. The van der Waals surface area contributed by atoms with E-state index >= 15 is 0 Å². The van der Waals surface area contributed by atoms with Crippen molar-refractivity contribution in [2.75, 3.05) is 5.32 Å². The van der Waals surface area contributed by atoms with E-state index in [2.05, 4.69) is 20.6 Å². The van der Waals surface area contributed by atoms with Gasteiger partial charge >= 0.3 is 6.18 Å². The fourth-order valence-electron chi connectivity index (χ4n) is 2.32. The summed E-state index contributed by atoms with van der Waals surface area (Å²) in [6.07, 6.45) is 0.246. The number of anilines is 2. The van der Waals surface area contributed by atoms with Crippen LogP contribution in [0.2, 0.25) is 0 Å². The van der Waals surface area contributed by atoms with Crippen LogP contribution in [0.3, 0.4) is 0 Å². The maximum absolute atomic E-state index is 12.8. The van der Waals surface area contributed by atoms with Gasteiger partial charge in [-0.15, -0.1) is 0 Å². The van der Waals surface area contributed by atoms with E-state index in [1.807, 2.05) is 0 Å². The molecule has 2 aromatic heterocycles. The fraction of sp³-hybridized carbons (Fsp3) is 0.105. The highest BCUT2D eigenvalue weighted by Gasteiger charge is 2.30. The molecule has 1 aromatic carbocycles. The monoisotopic (exact) mass is 372 g/mol. The highest BCUT2D eigenvalue weighted by molar-refractivity contribution is 5.92. The predicted octanol–water partition coefficient (Wildman–Crippen LogP) is 4.17. The van der Waals surface area contributed by atoms with Gasteiger partial charge in [-0.1, -0.05) is 6.07 Å². The molecule has 0 bridgehead atoms. The van der Waals surface area contributed by atoms with Gasteiger partial charge in [0.1, 0.15) is 5.69 Å². The van der Waals surface area contributed by atoms with Gasteiger partial charge in [0.15, 0.2) is 0 Å². The average Bonchev–Trinajstić information content (AvgIpc) is 2.67. The van der Waals surface area contributed by atoms with Crippen molar-refractivity contribution in [3.05, 3.63) is 83.9 Å². The zero-order chi connectivity index (χ0) is 19.3. The molecule has 0 unspecified atom stereocenters. The Labute approximate surface area is 153 Å². The SMILES string of the molecule is O=C(NCc1ccncc1)c1ccc(Nc2cccc(C(F)(F)F)c2)cn1. The van der Waals surface area contributed by atoms with Crippen molar-refractivity contribution in [2.24, 2.45) is 0 Å². The van der Waals surface area contributed by atoms with Crippen molar-refractivity contribution in [2.45, 2.75) is 12.7 Å². The zero-order valence-corrected chi connectivity index (χ0v) is 14.0. The normalized spacial score (nSPS) is 11.1. The Hall–Kier alpha value is -3.42. The van der Waals surface area contributed by atoms with Gasteiger partial charge in [0.25, 0.3) is 5.91 Å². The molecule has 0 aliphatic rings. The number of nitrogens with zero attached hydrogens (tertiary/aromatic N) is 2. The zero-order valence-electron chi connectivity index (χ0n) is 14.0. The van der Waals surface area contributed by atoms with Crippen LogP contribution in [0.25, 0.3) is 0 Å². The molecule has 27 heavy (non-hydrogen) atoms. The molecule has 0 aliphatic heterocycles. The minimum Gasteiger partial charge on any atom is -0.354 e. The topological polar surface area (TPSA) is 66.9 Å². The molecular formula is C19H15F3N4O. The quantitative estimate of drug-likeness (QED) is 0.706. The van der Waals surface area contributed by atoms with E-state index < -0.39 is 11.7 Å². The second kappa shape index (κ2) is 7.86. The Morgan fingerprint density at radius 2 is 1.78 bits per heavy atom. The second-order valence-corrected chi connectivity index (χ2v) is 5.67. The van der Waals surface area contributed by atoms with E-state index in [9.17, 15) is 18.0 Å². The summed E-state index contributed by atoms with van der Waals surface area (Å²) in [5.41, 5.74) is 1.12. The minimum absolute atomic E-state index is 0.207. The number of pyridine rings is 2. The van der Waals surface area contributed by atoms with Gasteiger partial charge in [-0.3, -0.25) is 9.78 Å². The summed E-state index contributed by atoms with van der Waals surface area (Å²) in [5.74, 6) is -0.350. The van der Waals surface area contributed by atoms with Crippen molar-refractivity contribution in [1.29, 1.82) is 0 Å². The highest BCUT2D eigenvalue weighted by atomic mass is 19.4. The van der Waals surface area contributed by atoms with Crippen LogP contribution in [0.4, 0.5) is 24.5 Å². The number of hydrogen-bond acceptors (Lipinski definition) is 4. The Balaban J connectivity index is 1.62. The summed E-state index contributed by atoms with van der Waals surface area (Å²) >= 11 is 0. The van der Waals surface area contributed by atoms with Crippen LogP contribution in [0.1, 0.15) is 21.6 Å². The molecule has 0 radical (unpaired) electrons. The van der Waals surface area contributed by atoms with Gasteiger partial charge in [0.05, 0.1) is 17.4 Å². The molecule has 3 rings (SSSR count). The van der Waals surface area contributed by atoms with Crippen LogP contribution in [0.5, 0.6) is 0 Å². The number of amides is 1. The highest BCUT2D eigenvalue weighted by Crippen LogP contribution is 2.31. The number of rotatable bonds is 5. The molecule has 138 valence electrons. The van der Waals surface area contributed by atoms with Gasteiger partial charge in [-0.05, 0) is 48.0 Å². The summed E-state index contributed by atoms with van der Waals surface area (Å²) in [5, 5.41) is 5.57. The molecule has 0 fully saturated rings. The average molecular weight is 372 g/mol. The Bertz CT molecular complexity index is 912. The molecule has 2 N–H and O–H groups in total. The summed E-state index contributed by atoms with van der Waals surface area (Å²) in [7, 11) is 0. The van der Waals surface area contributed by atoms with Gasteiger partial charge in [-0.25, -0.2) is 4.98 Å². The molecule has 2 heterocycles. The maximum Gasteiger partial charge on any atom is 0.416 e. The molecule has 3 aromatic rings. The third-order valence-corrected chi connectivity index (χ3v) is 3.68. The largest absolute Gasteiger partial charge is 0.416 e. The number of carbonyl (C=O) groups excluding carboxylic acids is 1. The summed E-state index contributed by atoms with van der Waals surface area (Å²) in [4.78, 5) is 20.1. The molecule has 5 nitrogen and oxygen atoms in total. The van der Waals surface area contributed by atoms with Crippen LogP contribution in [-0.2, 0) is 12.7 Å². The molecule has 0 saturated carbocycles. The lowest BCUT2D eigenvalue weighted by Gasteiger charge is -2.11. The Morgan fingerprint density at radius 3 is 2.44 bits per heavy atom. The summed E-state index contributed by atoms with van der Waals surface area (Å²) in [6.45, 7) is 0.341. The van der Waals surface area contributed by atoms with E-state index in [4.69, 9.17) is 0 Å². The predicted molar refractivity (Wildman–Crippen MR) is 94.4 cm³/mol. The summed E-state index contributed by atoms with van der Waals surface area (Å²) in [6, 6.07) is 11.5. The number of nitrogens with one attached hydrogen (secondary N) is 2. The Morgan fingerprint density at radius 1 is 1.00 bits per heavy atom. The maximum atomic E-state index is 12.8. The van der Waals surface area contributed by atoms with Crippen molar-refractivity contribution in [1.82, 2.24) is 15.3 Å². The first-order valence-corrected chi connectivity index (χ1v) is 7.99. The van der Waals surface area contributed by atoms with Crippen LogP contribution < -0.4 is 10.6 Å². The number of halogens is 3. The van der Waals surface area contributed by atoms with Crippen molar-refractivity contribution in [3.63, 3.8) is 0 Å². The van der Waals surface area contributed by atoms with Gasteiger partial charge in [-0.2, -0.15) is 13.2 Å². The van der Waals surface area contributed by atoms with E-state index in [1.165, 1.54) is 24.4 Å². The van der Waals surface area contributed by atoms with Gasteiger partial charge < -0.3 is 10.6 Å². The lowest BCUT2D eigenvalue weighted by atomic mass is 10.2. The minimum atomic E-state index is -4.41. The summed E-state index contributed by atoms with van der Waals surface area (Å²) < 4.78 is 38.3. The molecule has 0 spiro atoms. The number of hydrogen-bond donors (Lipinski definition) is 2. The number of alkyl halides is 3. The first-order chi connectivity index (χ1) is 12.9. The molecular weight excluding hydrogens is 357 g/mol. The van der Waals surface area contributed by atoms with E-state index in [1.54, 1.807) is 30.6 Å². The first-order valence-electron chi connectivity index (χ1n) is 7.99. The van der Waals surface area contributed by atoms with Crippen LogP contribution in [0.15, 0.2) is 67.1 Å².